The largest absolute Gasteiger partial charge is 0.329 e. The summed E-state index contributed by atoms with van der Waals surface area (Å²) in [7, 11) is 4.23. The van der Waals surface area contributed by atoms with Crippen molar-refractivity contribution in [3.63, 3.8) is 0 Å². The van der Waals surface area contributed by atoms with Crippen molar-refractivity contribution in [3.05, 3.63) is 0 Å². The minimum atomic E-state index is 0.721. The minimum absolute atomic E-state index is 0.721. The standard InChI is InChI=1S/C12H30N4/c1-4-5-6-7-11-16(15(2)3)12-10-14-9-8-13/h14H,4-13H2,1-3H3. The molecular formula is C12H30N4. The number of hydrazine groups is 1. The second-order valence-electron chi connectivity index (χ2n) is 4.40. The molecule has 3 N–H and O–H groups in total. The smallest absolute Gasteiger partial charge is 0.0258 e. The molecule has 0 fully saturated rings. The van der Waals surface area contributed by atoms with E-state index < -0.39 is 0 Å². The van der Waals surface area contributed by atoms with Gasteiger partial charge in [0.15, 0.2) is 0 Å². The lowest BCUT2D eigenvalue weighted by atomic mass is 10.2. The molecule has 98 valence electrons. The number of unbranched alkanes of at least 4 members (excludes halogenated alkanes) is 3. The van der Waals surface area contributed by atoms with Crippen molar-refractivity contribution in [2.45, 2.75) is 32.6 Å². The Balaban J connectivity index is 3.54. The average molecular weight is 230 g/mol. The lowest BCUT2D eigenvalue weighted by Crippen LogP contribution is -2.42. The van der Waals surface area contributed by atoms with Crippen LogP contribution in [0.2, 0.25) is 0 Å². The molecule has 0 aliphatic heterocycles. The Hall–Kier alpha value is -0.160. The van der Waals surface area contributed by atoms with Crippen LogP contribution in [-0.4, -0.2) is 56.8 Å². The Kier molecular flexibility index (Phi) is 11.2. The van der Waals surface area contributed by atoms with Gasteiger partial charge in [-0.25, -0.2) is 10.0 Å². The van der Waals surface area contributed by atoms with Gasteiger partial charge in [0.2, 0.25) is 0 Å². The van der Waals surface area contributed by atoms with Gasteiger partial charge in [0, 0.05) is 46.8 Å². The highest BCUT2D eigenvalue weighted by Gasteiger charge is 2.05. The van der Waals surface area contributed by atoms with Crippen molar-refractivity contribution < 1.29 is 0 Å². The molecule has 0 spiro atoms. The monoisotopic (exact) mass is 230 g/mol. The van der Waals surface area contributed by atoms with Crippen LogP contribution >= 0.6 is 0 Å². The molecule has 4 nitrogen and oxygen atoms in total. The molecule has 0 rings (SSSR count). The van der Waals surface area contributed by atoms with Crippen LogP contribution in [0.25, 0.3) is 0 Å². The first-order chi connectivity index (χ1) is 7.72. The van der Waals surface area contributed by atoms with Crippen LogP contribution in [0.5, 0.6) is 0 Å². The van der Waals surface area contributed by atoms with E-state index >= 15 is 0 Å². The second-order valence-corrected chi connectivity index (χ2v) is 4.40. The molecular weight excluding hydrogens is 200 g/mol. The SMILES string of the molecule is CCCCCCN(CCNCCN)N(C)C. The molecule has 0 bridgehead atoms. The Morgan fingerprint density at radius 3 is 2.31 bits per heavy atom. The van der Waals surface area contributed by atoms with Gasteiger partial charge < -0.3 is 11.1 Å². The normalized spacial score (nSPS) is 11.6. The summed E-state index contributed by atoms with van der Waals surface area (Å²) in [5, 5.41) is 7.91. The molecule has 0 unspecified atom stereocenters. The van der Waals surface area contributed by atoms with Gasteiger partial charge in [-0.05, 0) is 6.42 Å². The maximum absolute atomic E-state index is 5.43. The zero-order chi connectivity index (χ0) is 12.2. The van der Waals surface area contributed by atoms with Crippen molar-refractivity contribution in [2.75, 3.05) is 46.8 Å². The molecule has 0 atom stereocenters. The molecule has 0 saturated carbocycles. The molecule has 0 aromatic carbocycles. The van der Waals surface area contributed by atoms with Crippen LogP contribution in [0.3, 0.4) is 0 Å². The number of hydrogen-bond donors (Lipinski definition) is 2. The summed E-state index contributed by atoms with van der Waals surface area (Å²) in [6, 6.07) is 0. The summed E-state index contributed by atoms with van der Waals surface area (Å²) in [6.07, 6.45) is 5.30. The van der Waals surface area contributed by atoms with E-state index in [2.05, 4.69) is 36.4 Å². The number of nitrogens with two attached hydrogens (primary N) is 1. The van der Waals surface area contributed by atoms with E-state index in [4.69, 9.17) is 5.73 Å². The minimum Gasteiger partial charge on any atom is -0.329 e. The van der Waals surface area contributed by atoms with Crippen molar-refractivity contribution in [2.24, 2.45) is 5.73 Å². The van der Waals surface area contributed by atoms with Gasteiger partial charge in [-0.1, -0.05) is 26.2 Å². The molecule has 0 saturated heterocycles. The van der Waals surface area contributed by atoms with Crippen LogP contribution in [0, 0.1) is 0 Å². The predicted octanol–water partition coefficient (Wildman–Crippen LogP) is 0.894. The quantitative estimate of drug-likeness (QED) is 0.409. The molecule has 0 aromatic heterocycles. The van der Waals surface area contributed by atoms with Gasteiger partial charge in [0.1, 0.15) is 0 Å². The first-order valence-corrected chi connectivity index (χ1v) is 6.55. The second kappa shape index (κ2) is 11.3. The molecule has 0 aliphatic carbocycles. The van der Waals surface area contributed by atoms with Crippen molar-refractivity contribution in [1.82, 2.24) is 15.3 Å². The summed E-state index contributed by atoms with van der Waals surface area (Å²) in [5.41, 5.74) is 5.43. The highest BCUT2D eigenvalue weighted by molar-refractivity contribution is 4.56. The molecule has 0 amide bonds. The zero-order valence-electron chi connectivity index (χ0n) is 11.3. The van der Waals surface area contributed by atoms with Crippen molar-refractivity contribution in [1.29, 1.82) is 0 Å². The van der Waals surface area contributed by atoms with Crippen LogP contribution in [0.1, 0.15) is 32.6 Å². The summed E-state index contributed by atoms with van der Waals surface area (Å²) in [6.45, 7) is 7.13. The molecule has 0 radical (unpaired) electrons. The van der Waals surface area contributed by atoms with E-state index in [0.717, 1.165) is 32.7 Å². The fourth-order valence-electron chi connectivity index (χ4n) is 1.67. The molecule has 0 aromatic rings. The predicted molar refractivity (Wildman–Crippen MR) is 71.3 cm³/mol. The van der Waals surface area contributed by atoms with Gasteiger partial charge >= 0.3 is 0 Å². The molecule has 16 heavy (non-hydrogen) atoms. The van der Waals surface area contributed by atoms with Gasteiger partial charge in [-0.2, -0.15) is 0 Å². The topological polar surface area (TPSA) is 44.5 Å². The lowest BCUT2D eigenvalue weighted by Gasteiger charge is -2.29. The Labute approximate surface area is 101 Å². The summed E-state index contributed by atoms with van der Waals surface area (Å²) >= 11 is 0. The van der Waals surface area contributed by atoms with E-state index in [1.54, 1.807) is 0 Å². The molecule has 0 aliphatic rings. The fraction of sp³-hybridized carbons (Fsp3) is 1.00. The maximum Gasteiger partial charge on any atom is 0.0258 e. The Morgan fingerprint density at radius 2 is 1.75 bits per heavy atom. The highest BCUT2D eigenvalue weighted by Crippen LogP contribution is 2.01. The van der Waals surface area contributed by atoms with Gasteiger partial charge in [0.25, 0.3) is 0 Å². The third-order valence-corrected chi connectivity index (χ3v) is 2.70. The van der Waals surface area contributed by atoms with E-state index in [-0.39, 0.29) is 0 Å². The lowest BCUT2D eigenvalue weighted by molar-refractivity contribution is 0.0247. The van der Waals surface area contributed by atoms with E-state index in [1.807, 2.05) is 0 Å². The van der Waals surface area contributed by atoms with E-state index in [0.29, 0.717) is 0 Å². The zero-order valence-corrected chi connectivity index (χ0v) is 11.3. The summed E-state index contributed by atoms with van der Waals surface area (Å²) in [4.78, 5) is 0. The van der Waals surface area contributed by atoms with Gasteiger partial charge in [-0.15, -0.1) is 0 Å². The van der Waals surface area contributed by atoms with Crippen molar-refractivity contribution in [3.8, 4) is 0 Å². The third kappa shape index (κ3) is 9.09. The summed E-state index contributed by atoms with van der Waals surface area (Å²) in [5.74, 6) is 0. The van der Waals surface area contributed by atoms with Crippen LogP contribution in [0.15, 0.2) is 0 Å². The number of hydrogen-bond acceptors (Lipinski definition) is 4. The maximum atomic E-state index is 5.43. The average Bonchev–Trinajstić information content (AvgIpc) is 2.26. The van der Waals surface area contributed by atoms with Crippen molar-refractivity contribution >= 4 is 0 Å². The molecule has 4 heteroatoms. The van der Waals surface area contributed by atoms with Crippen LogP contribution in [0.4, 0.5) is 0 Å². The van der Waals surface area contributed by atoms with Crippen LogP contribution < -0.4 is 11.1 Å². The van der Waals surface area contributed by atoms with Gasteiger partial charge in [0.05, 0.1) is 0 Å². The number of nitrogens with one attached hydrogen (secondary N) is 1. The van der Waals surface area contributed by atoms with E-state index in [1.165, 1.54) is 25.7 Å². The summed E-state index contributed by atoms with van der Waals surface area (Å²) < 4.78 is 0. The highest BCUT2D eigenvalue weighted by atomic mass is 15.6. The molecule has 0 heterocycles. The third-order valence-electron chi connectivity index (χ3n) is 2.70. The fourth-order valence-corrected chi connectivity index (χ4v) is 1.67. The number of nitrogens with zero attached hydrogens (tertiary/aromatic N) is 2. The first kappa shape index (κ1) is 15.8. The van der Waals surface area contributed by atoms with E-state index in [9.17, 15) is 0 Å². The number of rotatable bonds is 11. The van der Waals surface area contributed by atoms with Crippen LogP contribution in [-0.2, 0) is 0 Å². The van der Waals surface area contributed by atoms with Gasteiger partial charge in [-0.3, -0.25) is 0 Å². The Morgan fingerprint density at radius 1 is 1.00 bits per heavy atom. The first-order valence-electron chi connectivity index (χ1n) is 6.55. The Bertz CT molecular complexity index is 127.